The first-order valence-corrected chi connectivity index (χ1v) is 8.41. The molecule has 1 aliphatic rings. The Morgan fingerprint density at radius 2 is 2.21 bits per heavy atom. The van der Waals surface area contributed by atoms with E-state index in [1.807, 2.05) is 0 Å². The van der Waals surface area contributed by atoms with Crippen molar-refractivity contribution in [2.24, 2.45) is 5.73 Å². The lowest BCUT2D eigenvalue weighted by molar-refractivity contribution is -0.140. The molecular weight excluding hydrogens is 308 g/mol. The molecular formula is C18H26N2O4. The van der Waals surface area contributed by atoms with Gasteiger partial charge in [0.05, 0.1) is 7.11 Å². The molecule has 1 heterocycles. The summed E-state index contributed by atoms with van der Waals surface area (Å²) in [6.07, 6.45) is 2.39. The number of methoxy groups -OCH3 is 1. The highest BCUT2D eigenvalue weighted by atomic mass is 16.5. The summed E-state index contributed by atoms with van der Waals surface area (Å²) >= 11 is 0. The summed E-state index contributed by atoms with van der Waals surface area (Å²) in [5, 5.41) is 3.41. The molecule has 132 valence electrons. The van der Waals surface area contributed by atoms with Gasteiger partial charge < -0.3 is 20.5 Å². The van der Waals surface area contributed by atoms with Crippen LogP contribution in [0.3, 0.4) is 0 Å². The minimum Gasteiger partial charge on any atom is -0.469 e. The molecule has 1 aliphatic heterocycles. The van der Waals surface area contributed by atoms with E-state index in [1.165, 1.54) is 12.7 Å². The summed E-state index contributed by atoms with van der Waals surface area (Å²) in [6.45, 7) is 3.23. The molecule has 1 amide bonds. The van der Waals surface area contributed by atoms with Crippen LogP contribution in [-0.4, -0.2) is 32.3 Å². The van der Waals surface area contributed by atoms with Crippen LogP contribution in [0.4, 0.5) is 10.5 Å². The third-order valence-corrected chi connectivity index (χ3v) is 4.52. The van der Waals surface area contributed by atoms with Crippen LogP contribution in [0, 0.1) is 0 Å². The maximum Gasteiger partial charge on any atom is 0.404 e. The summed E-state index contributed by atoms with van der Waals surface area (Å²) in [6, 6.07) is 6.32. The number of nitrogens with one attached hydrogen (secondary N) is 1. The molecule has 0 radical (unpaired) electrons. The second-order valence-electron chi connectivity index (χ2n) is 6.15. The third-order valence-electron chi connectivity index (χ3n) is 4.52. The van der Waals surface area contributed by atoms with Gasteiger partial charge in [0.25, 0.3) is 0 Å². The predicted molar refractivity (Wildman–Crippen MR) is 92.1 cm³/mol. The first-order chi connectivity index (χ1) is 11.5. The molecule has 24 heavy (non-hydrogen) atoms. The lowest BCUT2D eigenvalue weighted by atomic mass is 9.91. The molecule has 1 aromatic rings. The largest absolute Gasteiger partial charge is 0.469 e. The van der Waals surface area contributed by atoms with Crippen LogP contribution in [-0.2, 0) is 14.3 Å². The van der Waals surface area contributed by atoms with Crippen molar-refractivity contribution in [3.8, 4) is 0 Å². The first-order valence-electron chi connectivity index (χ1n) is 8.41. The summed E-state index contributed by atoms with van der Waals surface area (Å²) in [5.41, 5.74) is 8.55. The number of esters is 1. The normalized spacial score (nSPS) is 16.8. The molecule has 0 fully saturated rings. The molecule has 3 N–H and O–H groups in total. The van der Waals surface area contributed by atoms with Crippen LogP contribution in [0.25, 0.3) is 0 Å². The Bertz CT molecular complexity index is 588. The van der Waals surface area contributed by atoms with Crippen LogP contribution < -0.4 is 11.1 Å². The average Bonchev–Trinajstić information content (AvgIpc) is 2.98. The quantitative estimate of drug-likeness (QED) is 0.713. The predicted octanol–water partition coefficient (Wildman–Crippen LogP) is 3.13. The molecule has 2 rings (SSSR count). The van der Waals surface area contributed by atoms with Crippen molar-refractivity contribution >= 4 is 17.7 Å². The van der Waals surface area contributed by atoms with E-state index in [0.29, 0.717) is 18.9 Å². The number of primary amides is 1. The van der Waals surface area contributed by atoms with Crippen molar-refractivity contribution in [1.29, 1.82) is 0 Å². The molecule has 1 aromatic carbocycles. The van der Waals surface area contributed by atoms with Crippen LogP contribution in [0.2, 0.25) is 0 Å². The Labute approximate surface area is 142 Å². The number of ether oxygens (including phenoxy) is 2. The maximum atomic E-state index is 11.3. The van der Waals surface area contributed by atoms with Crippen molar-refractivity contribution < 1.29 is 19.1 Å². The monoisotopic (exact) mass is 334 g/mol. The molecule has 0 aromatic heterocycles. The fraction of sp³-hybridized carbons (Fsp3) is 0.556. The second kappa shape index (κ2) is 8.57. The van der Waals surface area contributed by atoms with Crippen LogP contribution in [0.5, 0.6) is 0 Å². The van der Waals surface area contributed by atoms with Gasteiger partial charge in [-0.3, -0.25) is 4.79 Å². The topological polar surface area (TPSA) is 90.6 Å². The Kier molecular flexibility index (Phi) is 6.46. The summed E-state index contributed by atoms with van der Waals surface area (Å²) < 4.78 is 9.71. The highest BCUT2D eigenvalue weighted by Gasteiger charge is 2.24. The van der Waals surface area contributed by atoms with Crippen LogP contribution in [0.15, 0.2) is 18.2 Å². The van der Waals surface area contributed by atoms with Crippen LogP contribution in [0.1, 0.15) is 55.6 Å². The molecule has 0 aliphatic carbocycles. The minimum absolute atomic E-state index is 0.142. The average molecular weight is 334 g/mol. The van der Waals surface area contributed by atoms with Crippen molar-refractivity contribution in [2.75, 3.05) is 25.6 Å². The van der Waals surface area contributed by atoms with Gasteiger partial charge in [-0.1, -0.05) is 25.5 Å². The van der Waals surface area contributed by atoms with E-state index in [2.05, 4.69) is 30.4 Å². The Balaban J connectivity index is 2.07. The standard InChI is InChI=1S/C18H26N2O4/c1-3-4-14(11-24-18(19)22)12-5-7-15-13(6-8-17(21)23-2)10-20-16(15)9-12/h5,7,9,13-14,20H,3-4,6,8,10-11H2,1-2H3,(H2,19,22). The number of carbonyl (C=O) groups is 2. The molecule has 2 unspecified atom stereocenters. The number of nitrogens with two attached hydrogens (primary N) is 1. The zero-order valence-electron chi connectivity index (χ0n) is 14.3. The fourth-order valence-corrected chi connectivity index (χ4v) is 3.21. The van der Waals surface area contributed by atoms with E-state index in [4.69, 9.17) is 15.2 Å². The van der Waals surface area contributed by atoms with E-state index in [9.17, 15) is 9.59 Å². The Hall–Kier alpha value is -2.24. The van der Waals surface area contributed by atoms with Gasteiger partial charge in [0.15, 0.2) is 0 Å². The van der Waals surface area contributed by atoms with E-state index in [-0.39, 0.29) is 11.9 Å². The molecule has 2 atom stereocenters. The number of anilines is 1. The van der Waals surface area contributed by atoms with Crippen molar-refractivity contribution in [1.82, 2.24) is 0 Å². The van der Waals surface area contributed by atoms with Gasteiger partial charge >= 0.3 is 12.1 Å². The van der Waals surface area contributed by atoms with Crippen molar-refractivity contribution in [3.05, 3.63) is 29.3 Å². The number of carbonyl (C=O) groups excluding carboxylic acids is 2. The lowest BCUT2D eigenvalue weighted by Crippen LogP contribution is -2.18. The number of hydrogen-bond donors (Lipinski definition) is 2. The lowest BCUT2D eigenvalue weighted by Gasteiger charge is -2.17. The molecule has 0 bridgehead atoms. The van der Waals surface area contributed by atoms with Gasteiger partial charge in [-0.15, -0.1) is 0 Å². The van der Waals surface area contributed by atoms with Gasteiger partial charge in [0.1, 0.15) is 6.61 Å². The maximum absolute atomic E-state index is 11.3. The van der Waals surface area contributed by atoms with Gasteiger partial charge in [-0.05, 0) is 30.0 Å². The zero-order valence-corrected chi connectivity index (χ0v) is 14.3. The molecule has 0 saturated heterocycles. The zero-order chi connectivity index (χ0) is 17.5. The Morgan fingerprint density at radius 3 is 2.88 bits per heavy atom. The first kappa shape index (κ1) is 18.1. The molecule has 6 heteroatoms. The number of hydrogen-bond acceptors (Lipinski definition) is 5. The fourth-order valence-electron chi connectivity index (χ4n) is 3.21. The molecule has 6 nitrogen and oxygen atoms in total. The van der Waals surface area contributed by atoms with E-state index < -0.39 is 6.09 Å². The third kappa shape index (κ3) is 4.63. The van der Waals surface area contributed by atoms with E-state index >= 15 is 0 Å². The van der Waals surface area contributed by atoms with Crippen molar-refractivity contribution in [2.45, 2.75) is 44.4 Å². The van der Waals surface area contributed by atoms with Gasteiger partial charge in [-0.2, -0.15) is 0 Å². The van der Waals surface area contributed by atoms with E-state index in [0.717, 1.165) is 37.1 Å². The Morgan fingerprint density at radius 1 is 1.42 bits per heavy atom. The number of rotatable bonds is 8. The number of amides is 1. The number of benzene rings is 1. The van der Waals surface area contributed by atoms with Crippen LogP contribution >= 0.6 is 0 Å². The minimum atomic E-state index is -0.738. The van der Waals surface area contributed by atoms with E-state index in [1.54, 1.807) is 0 Å². The SMILES string of the molecule is CCCC(COC(N)=O)c1ccc2c(c1)NCC2CCC(=O)OC. The van der Waals surface area contributed by atoms with Gasteiger partial charge in [-0.25, -0.2) is 4.79 Å². The van der Waals surface area contributed by atoms with Crippen molar-refractivity contribution in [3.63, 3.8) is 0 Å². The number of fused-ring (bicyclic) bond motifs is 1. The molecule has 0 spiro atoms. The summed E-state index contributed by atoms with van der Waals surface area (Å²) in [7, 11) is 1.41. The molecule has 0 saturated carbocycles. The smallest absolute Gasteiger partial charge is 0.404 e. The second-order valence-corrected chi connectivity index (χ2v) is 6.15. The summed E-state index contributed by atoms with van der Waals surface area (Å²) in [5.74, 6) is 0.287. The highest BCUT2D eigenvalue weighted by molar-refractivity contribution is 5.69. The van der Waals surface area contributed by atoms with Gasteiger partial charge in [0, 0.05) is 30.5 Å². The summed E-state index contributed by atoms with van der Waals surface area (Å²) in [4.78, 5) is 22.2. The highest BCUT2D eigenvalue weighted by Crippen LogP contribution is 2.37. The van der Waals surface area contributed by atoms with Gasteiger partial charge in [0.2, 0.25) is 0 Å².